The first-order chi connectivity index (χ1) is 28.5. The highest BCUT2D eigenvalue weighted by Crippen LogP contribution is 2.34. The van der Waals surface area contributed by atoms with Crippen LogP contribution in [0.5, 0.6) is 0 Å². The smallest absolute Gasteiger partial charge is 0.154 e. The van der Waals surface area contributed by atoms with E-state index in [0.717, 1.165) is 36.9 Å². The molecule has 3 unspecified atom stereocenters. The summed E-state index contributed by atoms with van der Waals surface area (Å²) in [5.74, 6) is 3.58. The van der Waals surface area contributed by atoms with Gasteiger partial charge < -0.3 is 10.2 Å². The molecule has 2 rings (SSSR count). The number of carbonyl (C=O) groups excluding carboxylic acids is 1. The van der Waals surface area contributed by atoms with E-state index in [1.54, 1.807) is 12.2 Å². The number of rotatable bonds is 13. The fraction of sp³-hybridized carbons (Fsp3) is 0.810. The van der Waals surface area contributed by atoms with E-state index in [-0.39, 0.29) is 17.5 Å². The van der Waals surface area contributed by atoms with Crippen molar-refractivity contribution < 1.29 is 4.79 Å². The fourth-order valence-electron chi connectivity index (χ4n) is 6.00. The van der Waals surface area contributed by atoms with Crippen LogP contribution < -0.4 is 5.32 Å². The normalized spacial score (nSPS) is 15.3. The molecule has 0 bridgehead atoms. The predicted octanol–water partition coefficient (Wildman–Crippen LogP) is 19.9. The first kappa shape index (κ1) is 79.5. The molecule has 0 radical (unpaired) electrons. The van der Waals surface area contributed by atoms with Crippen molar-refractivity contribution in [2.45, 2.75) is 262 Å². The van der Waals surface area contributed by atoms with Gasteiger partial charge in [0.2, 0.25) is 0 Å². The molecule has 372 valence electrons. The van der Waals surface area contributed by atoms with E-state index in [1.807, 2.05) is 89.3 Å². The first-order valence-corrected chi connectivity index (χ1v) is 25.6. The second kappa shape index (κ2) is 58.1. The molecule has 1 N–H and O–H groups in total. The zero-order valence-corrected chi connectivity index (χ0v) is 47.8. The van der Waals surface area contributed by atoms with E-state index in [2.05, 4.69) is 140 Å². The van der Waals surface area contributed by atoms with Crippen LogP contribution in [0.2, 0.25) is 0 Å². The Balaban J connectivity index is -0.0000000800. The summed E-state index contributed by atoms with van der Waals surface area (Å²) in [7, 11) is 1.98. The Bertz CT molecular complexity index is 887. The van der Waals surface area contributed by atoms with Crippen molar-refractivity contribution in [1.29, 1.82) is 0 Å². The van der Waals surface area contributed by atoms with Crippen LogP contribution >= 0.6 is 0 Å². The van der Waals surface area contributed by atoms with Crippen LogP contribution in [0, 0.1) is 34.5 Å². The van der Waals surface area contributed by atoms with E-state index >= 15 is 0 Å². The number of nitrogens with zero attached hydrogens (tertiary/aromatic N) is 1. The van der Waals surface area contributed by atoms with Gasteiger partial charge in [-0.1, -0.05) is 221 Å². The van der Waals surface area contributed by atoms with Crippen LogP contribution in [0.25, 0.3) is 0 Å². The van der Waals surface area contributed by atoms with Crippen LogP contribution in [0.4, 0.5) is 0 Å². The Hall–Kier alpha value is -1.87. The number of carbonyl (C=O) groups is 1. The number of nitrogens with one attached hydrogen (secondary N) is 1. The van der Waals surface area contributed by atoms with Gasteiger partial charge in [0.1, 0.15) is 0 Å². The van der Waals surface area contributed by atoms with Gasteiger partial charge in [0.25, 0.3) is 0 Å². The third-order valence-electron chi connectivity index (χ3n) is 9.12. The average Bonchev–Trinajstić information content (AvgIpc) is 3.63. The number of Topliss-reactive ketones (excluding diaryl/α,β-unsaturated/α-hetero) is 1. The molecule has 0 spiro atoms. The lowest BCUT2D eigenvalue weighted by Crippen LogP contribution is -2.47. The average molecular weight is 866 g/mol. The highest BCUT2D eigenvalue weighted by molar-refractivity contribution is 5.84. The molecule has 4 atom stereocenters. The summed E-state index contributed by atoms with van der Waals surface area (Å²) in [4.78, 5) is 14.5. The predicted molar refractivity (Wildman–Crippen MR) is 293 cm³/mol. The molecule has 0 aromatic rings. The molecule has 1 saturated heterocycles. The lowest BCUT2D eigenvalue weighted by atomic mass is 9.84. The minimum absolute atomic E-state index is 0.0376. The Kier molecular flexibility index (Phi) is 75.8. The molecule has 0 aromatic heterocycles. The SMILES string of the molecule is C=C(C(NC)C(C)(C)C)N1C[C@H](CC)CC1C(=O)CC.C=C(C)CCCC(C)(C)C.C=CC.C=CC.C=CC(C)CC(C)C.CC.CC.CC.CC.CCC.CCC1CCC1. The van der Waals surface area contributed by atoms with Crippen LogP contribution in [0.1, 0.15) is 250 Å². The molecule has 61 heavy (non-hydrogen) atoms. The standard InChI is InChI=1S/C17H32N2O.C10H20.C8H16.C6H12.C3H8.2C3H6.4C2H6/c1-8-13-10-14(15(20)9-2)19(11-13)12(3)16(18-7)17(4,5)6;1-9(2)7-6-8-10(3,4)5;1-5-8(4)6-7(2)3;1-2-6-4-3-5-6;3*1-3-2;4*1-2/h13-14,16,18H,3,8-11H2,1-2,4-7H3;1,6-8H2,2-5H3;5,7-8H,1,6H2,2-4H3;6H,2-5H2,1H3;3H2,1-2H3;2*3H,1H2,2H3;4*1-2H3/t13-,14?,16?;;;;;;;;;;/m1........../s1. The Labute approximate surface area is 392 Å². The summed E-state index contributed by atoms with van der Waals surface area (Å²) in [5, 5.41) is 3.38. The highest BCUT2D eigenvalue weighted by atomic mass is 16.1. The second-order valence-electron chi connectivity index (χ2n) is 18.0. The molecular formula is C58H124N2O. The molecular weight excluding hydrogens is 741 g/mol. The maximum atomic E-state index is 12.2. The van der Waals surface area contributed by atoms with E-state index < -0.39 is 0 Å². The minimum Gasteiger partial charge on any atom is -0.364 e. The van der Waals surface area contributed by atoms with Crippen LogP contribution in [0.3, 0.4) is 0 Å². The second-order valence-corrected chi connectivity index (χ2v) is 18.0. The number of ketones is 1. The third kappa shape index (κ3) is 60.3. The Morgan fingerprint density at radius 1 is 0.770 bits per heavy atom. The van der Waals surface area contributed by atoms with Gasteiger partial charge in [0, 0.05) is 18.7 Å². The van der Waals surface area contributed by atoms with E-state index in [4.69, 9.17) is 0 Å². The van der Waals surface area contributed by atoms with Gasteiger partial charge in [-0.3, -0.25) is 4.79 Å². The molecule has 0 amide bonds. The van der Waals surface area contributed by atoms with Gasteiger partial charge in [-0.15, -0.1) is 26.3 Å². The summed E-state index contributed by atoms with van der Waals surface area (Å²) in [6.45, 7) is 72.3. The van der Waals surface area contributed by atoms with Gasteiger partial charge in [0.15, 0.2) is 5.78 Å². The summed E-state index contributed by atoms with van der Waals surface area (Å²) < 4.78 is 0. The molecule has 2 fully saturated rings. The van der Waals surface area contributed by atoms with Crippen LogP contribution in [0.15, 0.2) is 62.4 Å². The van der Waals surface area contributed by atoms with Gasteiger partial charge in [-0.05, 0) is 94.4 Å². The van der Waals surface area contributed by atoms with Crippen molar-refractivity contribution in [3.05, 3.63) is 62.4 Å². The lowest BCUT2D eigenvalue weighted by molar-refractivity contribution is -0.122. The number of likely N-dealkylation sites (N-methyl/N-ethyl adjacent to an activating group) is 1. The number of likely N-dealkylation sites (tertiary alicyclic amines) is 1. The van der Waals surface area contributed by atoms with Crippen LogP contribution in [-0.2, 0) is 4.79 Å². The molecule has 3 nitrogen and oxygen atoms in total. The largest absolute Gasteiger partial charge is 0.364 e. The number of hydrogen-bond donors (Lipinski definition) is 1. The van der Waals surface area contributed by atoms with Gasteiger partial charge in [-0.2, -0.15) is 0 Å². The van der Waals surface area contributed by atoms with Crippen molar-refractivity contribution >= 4 is 5.78 Å². The van der Waals surface area contributed by atoms with Gasteiger partial charge >= 0.3 is 0 Å². The van der Waals surface area contributed by atoms with Crippen LogP contribution in [-0.4, -0.2) is 36.4 Å². The van der Waals surface area contributed by atoms with Crippen molar-refractivity contribution in [1.82, 2.24) is 10.2 Å². The van der Waals surface area contributed by atoms with Crippen molar-refractivity contribution in [2.75, 3.05) is 13.6 Å². The molecule has 1 saturated carbocycles. The number of allylic oxidation sites excluding steroid dienone is 4. The van der Waals surface area contributed by atoms with Crippen molar-refractivity contribution in [3.8, 4) is 0 Å². The summed E-state index contributed by atoms with van der Waals surface area (Å²) in [6, 6.07) is 0.237. The summed E-state index contributed by atoms with van der Waals surface area (Å²) in [6.07, 6.45) is 20.5. The molecule has 1 aliphatic carbocycles. The van der Waals surface area contributed by atoms with E-state index in [1.165, 1.54) is 63.4 Å². The lowest BCUT2D eigenvalue weighted by Gasteiger charge is -2.38. The van der Waals surface area contributed by atoms with Crippen molar-refractivity contribution in [2.24, 2.45) is 34.5 Å². The maximum Gasteiger partial charge on any atom is 0.154 e. The molecule has 1 heterocycles. The molecule has 2 aliphatic rings. The summed E-state index contributed by atoms with van der Waals surface area (Å²) in [5.41, 5.74) is 2.97. The zero-order valence-electron chi connectivity index (χ0n) is 47.8. The quantitative estimate of drug-likeness (QED) is 0.187. The zero-order chi connectivity index (χ0) is 50.8. The number of hydrogen-bond acceptors (Lipinski definition) is 3. The fourth-order valence-corrected chi connectivity index (χ4v) is 6.00. The molecule has 0 aromatic carbocycles. The maximum absolute atomic E-state index is 12.2. The van der Waals surface area contributed by atoms with Gasteiger partial charge in [0.05, 0.1) is 12.1 Å². The third-order valence-corrected chi connectivity index (χ3v) is 9.12. The van der Waals surface area contributed by atoms with E-state index in [0.29, 0.717) is 29.5 Å². The van der Waals surface area contributed by atoms with E-state index in [9.17, 15) is 4.79 Å². The Morgan fingerprint density at radius 2 is 1.16 bits per heavy atom. The summed E-state index contributed by atoms with van der Waals surface area (Å²) >= 11 is 0. The highest BCUT2D eigenvalue weighted by Gasteiger charge is 2.39. The topological polar surface area (TPSA) is 32.3 Å². The molecule has 3 heteroatoms. The minimum atomic E-state index is 0.0376. The van der Waals surface area contributed by atoms with Gasteiger partial charge in [-0.25, -0.2) is 0 Å². The Morgan fingerprint density at radius 3 is 1.36 bits per heavy atom. The van der Waals surface area contributed by atoms with Crippen molar-refractivity contribution in [3.63, 3.8) is 0 Å². The monoisotopic (exact) mass is 865 g/mol. The molecule has 1 aliphatic heterocycles. The first-order valence-electron chi connectivity index (χ1n) is 25.6.